The predicted octanol–water partition coefficient (Wildman–Crippen LogP) is 3.14. The van der Waals surface area contributed by atoms with Crippen molar-refractivity contribution in [2.75, 3.05) is 6.54 Å². The molecule has 3 rings (SSSR count). The number of nitrogens with one attached hydrogen (secondary N) is 2. The highest BCUT2D eigenvalue weighted by atomic mass is 16.7. The molecule has 6 heteroatoms. The van der Waals surface area contributed by atoms with Gasteiger partial charge in [0.25, 0.3) is 0 Å². The Labute approximate surface area is 153 Å². The Morgan fingerprint density at radius 3 is 2.23 bits per heavy atom. The van der Waals surface area contributed by atoms with Gasteiger partial charge in [-0.15, -0.1) is 0 Å². The van der Waals surface area contributed by atoms with E-state index in [0.29, 0.717) is 19.6 Å². The number of carbonyl (C=O) groups is 1. The molecule has 0 aromatic heterocycles. The van der Waals surface area contributed by atoms with Gasteiger partial charge in [-0.3, -0.25) is 10.2 Å². The van der Waals surface area contributed by atoms with Gasteiger partial charge in [0.1, 0.15) is 6.61 Å². The normalized spacial score (nSPS) is 19.7. The molecule has 1 aliphatic rings. The number of ether oxygens (including phenoxy) is 2. The molecule has 0 aliphatic carbocycles. The summed E-state index contributed by atoms with van der Waals surface area (Å²) >= 11 is 0. The van der Waals surface area contributed by atoms with Gasteiger partial charge in [0.05, 0.1) is 6.61 Å². The van der Waals surface area contributed by atoms with Crippen molar-refractivity contribution in [2.24, 2.45) is 0 Å². The second-order valence-corrected chi connectivity index (χ2v) is 6.21. The average Bonchev–Trinajstić information content (AvgIpc) is 2.69. The lowest BCUT2D eigenvalue weighted by Crippen LogP contribution is -2.49. The zero-order valence-corrected chi connectivity index (χ0v) is 14.6. The van der Waals surface area contributed by atoms with Crippen molar-refractivity contribution in [1.29, 1.82) is 0 Å². The summed E-state index contributed by atoms with van der Waals surface area (Å²) in [6.45, 7) is 1.39. The third-order valence-electron chi connectivity index (χ3n) is 4.14. The van der Waals surface area contributed by atoms with Gasteiger partial charge in [-0.2, -0.15) is 5.48 Å². The van der Waals surface area contributed by atoms with Crippen LogP contribution >= 0.6 is 0 Å². The molecule has 26 heavy (non-hydrogen) atoms. The van der Waals surface area contributed by atoms with E-state index in [-0.39, 0.29) is 18.9 Å². The van der Waals surface area contributed by atoms with Crippen LogP contribution in [0, 0.1) is 0 Å². The Hall–Kier alpha value is -2.41. The molecule has 0 amide bonds. The molecule has 2 N–H and O–H groups in total. The van der Waals surface area contributed by atoms with Crippen molar-refractivity contribution in [1.82, 2.24) is 10.8 Å². The highest BCUT2D eigenvalue weighted by Gasteiger charge is 2.23. The lowest BCUT2D eigenvalue weighted by molar-refractivity contribution is -0.0330. The SMILES string of the molecule is O=C(OCc1ccccc1)O[C@H]1CC[C@@H](NOCc2ccccc2)CN1. The Kier molecular flexibility index (Phi) is 7.01. The van der Waals surface area contributed by atoms with Gasteiger partial charge < -0.3 is 9.47 Å². The number of rotatable bonds is 7. The number of hydrogen-bond acceptors (Lipinski definition) is 6. The van der Waals surface area contributed by atoms with E-state index in [1.807, 2.05) is 60.7 Å². The van der Waals surface area contributed by atoms with E-state index < -0.39 is 6.16 Å². The molecule has 138 valence electrons. The maximum atomic E-state index is 11.8. The van der Waals surface area contributed by atoms with E-state index in [0.717, 1.165) is 17.5 Å². The largest absolute Gasteiger partial charge is 0.510 e. The van der Waals surface area contributed by atoms with Crippen LogP contribution in [0.4, 0.5) is 4.79 Å². The summed E-state index contributed by atoms with van der Waals surface area (Å²) in [7, 11) is 0. The minimum atomic E-state index is -0.655. The van der Waals surface area contributed by atoms with Crippen LogP contribution in [0.5, 0.6) is 0 Å². The van der Waals surface area contributed by atoms with Crippen LogP contribution < -0.4 is 10.8 Å². The van der Waals surface area contributed by atoms with Gasteiger partial charge in [-0.05, 0) is 24.0 Å². The fourth-order valence-corrected chi connectivity index (χ4v) is 2.72. The smallest absolute Gasteiger partial charge is 0.429 e. The lowest BCUT2D eigenvalue weighted by atomic mass is 10.1. The van der Waals surface area contributed by atoms with Gasteiger partial charge >= 0.3 is 6.16 Å². The summed E-state index contributed by atoms with van der Waals surface area (Å²) in [5, 5.41) is 3.18. The molecule has 0 saturated carbocycles. The van der Waals surface area contributed by atoms with Crippen molar-refractivity contribution >= 4 is 6.16 Å². The first kappa shape index (κ1) is 18.4. The van der Waals surface area contributed by atoms with Crippen molar-refractivity contribution in [2.45, 2.75) is 38.3 Å². The van der Waals surface area contributed by atoms with Crippen molar-refractivity contribution < 1.29 is 19.1 Å². The van der Waals surface area contributed by atoms with E-state index in [1.54, 1.807) is 0 Å². The maximum Gasteiger partial charge on any atom is 0.510 e. The molecule has 1 saturated heterocycles. The van der Waals surface area contributed by atoms with Crippen molar-refractivity contribution in [3.63, 3.8) is 0 Å². The lowest BCUT2D eigenvalue weighted by Gasteiger charge is -2.29. The van der Waals surface area contributed by atoms with Gasteiger partial charge in [-0.1, -0.05) is 60.7 Å². The molecule has 2 aromatic rings. The molecule has 1 aliphatic heterocycles. The molecule has 6 nitrogen and oxygen atoms in total. The molecule has 1 fully saturated rings. The highest BCUT2D eigenvalue weighted by Crippen LogP contribution is 2.11. The second kappa shape index (κ2) is 9.91. The number of piperidine rings is 1. The molecule has 2 aromatic carbocycles. The predicted molar refractivity (Wildman–Crippen MR) is 96.9 cm³/mol. The van der Waals surface area contributed by atoms with Crippen molar-refractivity contribution in [3.05, 3.63) is 71.8 Å². The number of hydrogen-bond donors (Lipinski definition) is 2. The molecule has 0 spiro atoms. The Morgan fingerprint density at radius 2 is 1.62 bits per heavy atom. The molecular weight excluding hydrogens is 332 g/mol. The molecule has 0 bridgehead atoms. The number of benzene rings is 2. The van der Waals surface area contributed by atoms with Crippen molar-refractivity contribution in [3.8, 4) is 0 Å². The van der Waals surface area contributed by atoms with Crippen LogP contribution in [-0.2, 0) is 27.5 Å². The van der Waals surface area contributed by atoms with Crippen LogP contribution in [0.2, 0.25) is 0 Å². The minimum Gasteiger partial charge on any atom is -0.429 e. The summed E-state index contributed by atoms with van der Waals surface area (Å²) in [6.07, 6.45) is 0.564. The summed E-state index contributed by atoms with van der Waals surface area (Å²) in [4.78, 5) is 17.3. The monoisotopic (exact) mass is 356 g/mol. The summed E-state index contributed by atoms with van der Waals surface area (Å²) in [6, 6.07) is 19.7. The summed E-state index contributed by atoms with van der Waals surface area (Å²) in [5.41, 5.74) is 5.10. The first-order valence-electron chi connectivity index (χ1n) is 8.81. The second-order valence-electron chi connectivity index (χ2n) is 6.21. The van der Waals surface area contributed by atoms with E-state index in [4.69, 9.17) is 14.3 Å². The van der Waals surface area contributed by atoms with Gasteiger partial charge in [0.2, 0.25) is 0 Å². The molecule has 2 atom stereocenters. The Balaban J connectivity index is 1.29. The van der Waals surface area contributed by atoms with Crippen LogP contribution in [0.3, 0.4) is 0 Å². The fourth-order valence-electron chi connectivity index (χ4n) is 2.72. The van der Waals surface area contributed by atoms with E-state index in [1.165, 1.54) is 0 Å². The van der Waals surface area contributed by atoms with Crippen LogP contribution in [0.1, 0.15) is 24.0 Å². The Morgan fingerprint density at radius 1 is 0.962 bits per heavy atom. The summed E-state index contributed by atoms with van der Waals surface area (Å²) < 4.78 is 10.4. The maximum absolute atomic E-state index is 11.8. The minimum absolute atomic E-state index is 0.180. The zero-order valence-electron chi connectivity index (χ0n) is 14.6. The molecular formula is C20H24N2O4. The van der Waals surface area contributed by atoms with Crippen LogP contribution in [0.15, 0.2) is 60.7 Å². The van der Waals surface area contributed by atoms with Crippen LogP contribution in [0.25, 0.3) is 0 Å². The molecule has 1 heterocycles. The van der Waals surface area contributed by atoms with Gasteiger partial charge in [-0.25, -0.2) is 4.79 Å². The first-order valence-corrected chi connectivity index (χ1v) is 8.81. The zero-order chi connectivity index (χ0) is 18.0. The number of carbonyl (C=O) groups excluding carboxylic acids is 1. The van der Waals surface area contributed by atoms with Gasteiger partial charge in [0.15, 0.2) is 6.23 Å². The fraction of sp³-hybridized carbons (Fsp3) is 0.350. The third kappa shape index (κ3) is 6.15. The van der Waals surface area contributed by atoms with Gasteiger partial charge in [0, 0.05) is 12.6 Å². The molecule has 0 radical (unpaired) electrons. The topological polar surface area (TPSA) is 68.8 Å². The van der Waals surface area contributed by atoms with Crippen LogP contribution in [-0.4, -0.2) is 25.0 Å². The Bertz CT molecular complexity index is 658. The average molecular weight is 356 g/mol. The third-order valence-corrected chi connectivity index (χ3v) is 4.14. The van der Waals surface area contributed by atoms with E-state index in [2.05, 4.69) is 10.8 Å². The highest BCUT2D eigenvalue weighted by molar-refractivity contribution is 5.60. The van der Waals surface area contributed by atoms with E-state index in [9.17, 15) is 4.79 Å². The van der Waals surface area contributed by atoms with E-state index >= 15 is 0 Å². The summed E-state index contributed by atoms with van der Waals surface area (Å²) in [5.74, 6) is 0. The molecule has 0 unspecified atom stereocenters. The quantitative estimate of drug-likeness (QED) is 0.587. The first-order chi connectivity index (χ1) is 12.8. The number of hydroxylamine groups is 1. The standard InChI is InChI=1S/C20H24N2O4/c23-20(24-14-16-7-3-1-4-8-16)26-19-12-11-18(13-21-19)22-25-15-17-9-5-2-6-10-17/h1-10,18-19,21-22H,11-15H2/t18-,19+/m1/s1.